The Kier molecular flexibility index (Phi) is 3.36. The molecule has 0 aromatic carbocycles. The highest BCUT2D eigenvalue weighted by Gasteiger charge is 2.20. The number of nitrogens with one attached hydrogen (secondary N) is 1. The van der Waals surface area contributed by atoms with Gasteiger partial charge in [0.05, 0.1) is 0 Å². The van der Waals surface area contributed by atoms with Crippen molar-refractivity contribution < 1.29 is 4.79 Å². The number of rotatable bonds is 4. The van der Waals surface area contributed by atoms with Gasteiger partial charge >= 0.3 is 0 Å². The summed E-state index contributed by atoms with van der Waals surface area (Å²) in [6, 6.07) is 3.45. The molecule has 0 atom stereocenters. The van der Waals surface area contributed by atoms with Gasteiger partial charge in [-0.3, -0.25) is 4.79 Å². The average molecular weight is 269 g/mol. The second-order valence-corrected chi connectivity index (χ2v) is 4.67. The molecule has 0 spiro atoms. The molecule has 1 saturated carbocycles. The Hall–Kier alpha value is -0.900. The minimum absolute atomic E-state index is 0.0150. The Morgan fingerprint density at radius 2 is 2.40 bits per heavy atom. The van der Waals surface area contributed by atoms with Gasteiger partial charge in [-0.05, 0) is 40.4 Å². The summed E-state index contributed by atoms with van der Waals surface area (Å²) in [5.74, 6) is 0.841. The van der Waals surface area contributed by atoms with Crippen LogP contribution in [0.25, 0.3) is 0 Å². The molecule has 1 aromatic heterocycles. The first kappa shape index (κ1) is 10.6. The summed E-state index contributed by atoms with van der Waals surface area (Å²) < 4.78 is 0.692. The van der Waals surface area contributed by atoms with Crippen molar-refractivity contribution >= 4 is 21.8 Å². The summed E-state index contributed by atoms with van der Waals surface area (Å²) in [5, 5.41) is 2.91. The molecular formula is C11H13BrN2O. The van der Waals surface area contributed by atoms with Gasteiger partial charge in [0, 0.05) is 18.3 Å². The zero-order valence-corrected chi connectivity index (χ0v) is 9.96. The van der Waals surface area contributed by atoms with E-state index in [4.69, 9.17) is 0 Å². The Balaban J connectivity index is 1.83. The van der Waals surface area contributed by atoms with Gasteiger partial charge < -0.3 is 5.32 Å². The number of carbonyl (C=O) groups is 1. The maximum absolute atomic E-state index is 11.6. The molecule has 80 valence electrons. The van der Waals surface area contributed by atoms with Crippen molar-refractivity contribution in [2.24, 2.45) is 5.92 Å². The van der Waals surface area contributed by atoms with Gasteiger partial charge in [-0.15, -0.1) is 0 Å². The number of halogens is 1. The predicted octanol–water partition coefficient (Wildman–Crippen LogP) is 2.37. The molecule has 1 fully saturated rings. The fourth-order valence-corrected chi connectivity index (χ4v) is 1.81. The number of nitrogens with zero attached hydrogens (tertiary/aromatic N) is 1. The number of pyridine rings is 1. The quantitative estimate of drug-likeness (QED) is 0.853. The Morgan fingerprint density at radius 1 is 1.60 bits per heavy atom. The third kappa shape index (κ3) is 3.30. The van der Waals surface area contributed by atoms with E-state index in [0.717, 1.165) is 18.9 Å². The second-order valence-electron chi connectivity index (χ2n) is 3.86. The van der Waals surface area contributed by atoms with Crippen LogP contribution in [-0.4, -0.2) is 17.4 Å². The number of aromatic nitrogens is 1. The van der Waals surface area contributed by atoms with Gasteiger partial charge in [0.25, 0.3) is 5.91 Å². The molecule has 1 aliphatic carbocycles. The SMILES string of the molecule is O=C(NCCC1CC1)c1ccnc(Br)c1. The standard InChI is InChI=1S/C11H13BrN2O/c12-10-7-9(4-6-13-10)11(15)14-5-3-8-1-2-8/h4,6-8H,1-3,5H2,(H,14,15). The minimum atomic E-state index is -0.0150. The highest BCUT2D eigenvalue weighted by Crippen LogP contribution is 2.31. The third-order valence-corrected chi connectivity index (χ3v) is 2.96. The highest BCUT2D eigenvalue weighted by molar-refractivity contribution is 9.10. The number of amides is 1. The van der Waals surface area contributed by atoms with Crippen molar-refractivity contribution in [2.75, 3.05) is 6.54 Å². The molecule has 1 amide bonds. The first-order valence-corrected chi connectivity index (χ1v) is 5.95. The van der Waals surface area contributed by atoms with Crippen molar-refractivity contribution in [3.8, 4) is 0 Å². The molecule has 3 nitrogen and oxygen atoms in total. The molecule has 0 radical (unpaired) electrons. The van der Waals surface area contributed by atoms with Crippen LogP contribution in [0.4, 0.5) is 0 Å². The highest BCUT2D eigenvalue weighted by atomic mass is 79.9. The normalized spacial score (nSPS) is 15.0. The molecule has 4 heteroatoms. The van der Waals surface area contributed by atoms with E-state index < -0.39 is 0 Å². The molecule has 1 heterocycles. The minimum Gasteiger partial charge on any atom is -0.352 e. The van der Waals surface area contributed by atoms with E-state index in [0.29, 0.717) is 10.2 Å². The molecule has 1 N–H and O–H groups in total. The van der Waals surface area contributed by atoms with Crippen molar-refractivity contribution in [1.82, 2.24) is 10.3 Å². The first-order valence-electron chi connectivity index (χ1n) is 5.15. The largest absolute Gasteiger partial charge is 0.352 e. The van der Waals surface area contributed by atoms with Gasteiger partial charge in [-0.25, -0.2) is 4.98 Å². The maximum atomic E-state index is 11.6. The van der Waals surface area contributed by atoms with Crippen molar-refractivity contribution in [1.29, 1.82) is 0 Å². The fourth-order valence-electron chi connectivity index (χ4n) is 1.44. The molecule has 1 aliphatic rings. The Morgan fingerprint density at radius 3 is 3.07 bits per heavy atom. The van der Waals surface area contributed by atoms with Crippen LogP contribution in [0, 0.1) is 5.92 Å². The molecule has 15 heavy (non-hydrogen) atoms. The topological polar surface area (TPSA) is 42.0 Å². The van der Waals surface area contributed by atoms with Gasteiger partial charge in [0.15, 0.2) is 0 Å². The smallest absolute Gasteiger partial charge is 0.251 e. The summed E-state index contributed by atoms with van der Waals surface area (Å²) in [6.45, 7) is 0.781. The monoisotopic (exact) mass is 268 g/mol. The first-order chi connectivity index (χ1) is 7.25. The van der Waals surface area contributed by atoms with E-state index in [1.54, 1.807) is 18.3 Å². The Bertz CT molecular complexity index is 363. The van der Waals surface area contributed by atoms with E-state index in [-0.39, 0.29) is 5.91 Å². The second kappa shape index (κ2) is 4.75. The molecule has 1 aromatic rings. The lowest BCUT2D eigenvalue weighted by atomic mass is 10.2. The van der Waals surface area contributed by atoms with E-state index in [9.17, 15) is 4.79 Å². The van der Waals surface area contributed by atoms with Gasteiger partial charge in [0.2, 0.25) is 0 Å². The van der Waals surface area contributed by atoms with Crippen molar-refractivity contribution in [3.05, 3.63) is 28.5 Å². The zero-order chi connectivity index (χ0) is 10.7. The van der Waals surface area contributed by atoms with Crippen LogP contribution >= 0.6 is 15.9 Å². The summed E-state index contributed by atoms with van der Waals surface area (Å²) >= 11 is 3.24. The van der Waals surface area contributed by atoms with Crippen LogP contribution in [0.2, 0.25) is 0 Å². The van der Waals surface area contributed by atoms with Crippen LogP contribution in [0.3, 0.4) is 0 Å². The van der Waals surface area contributed by atoms with E-state index in [1.807, 2.05) is 0 Å². The van der Waals surface area contributed by atoms with Crippen LogP contribution in [-0.2, 0) is 0 Å². The number of hydrogen-bond donors (Lipinski definition) is 1. The third-order valence-electron chi connectivity index (χ3n) is 2.52. The van der Waals surface area contributed by atoms with Crippen LogP contribution in [0.1, 0.15) is 29.6 Å². The van der Waals surface area contributed by atoms with E-state index in [2.05, 4.69) is 26.2 Å². The molecule has 0 saturated heterocycles. The van der Waals surface area contributed by atoms with Crippen LogP contribution in [0.5, 0.6) is 0 Å². The zero-order valence-electron chi connectivity index (χ0n) is 8.37. The predicted molar refractivity (Wildman–Crippen MR) is 61.6 cm³/mol. The summed E-state index contributed by atoms with van der Waals surface area (Å²) in [4.78, 5) is 15.6. The summed E-state index contributed by atoms with van der Waals surface area (Å²) in [5.41, 5.74) is 0.660. The maximum Gasteiger partial charge on any atom is 0.251 e. The Labute approximate surface area is 97.4 Å². The molecule has 2 rings (SSSR count). The summed E-state index contributed by atoms with van der Waals surface area (Å²) in [6.07, 6.45) is 5.39. The van der Waals surface area contributed by atoms with Crippen molar-refractivity contribution in [2.45, 2.75) is 19.3 Å². The lowest BCUT2D eigenvalue weighted by Crippen LogP contribution is -2.24. The number of hydrogen-bond acceptors (Lipinski definition) is 2. The van der Waals surface area contributed by atoms with Gasteiger partial charge in [0.1, 0.15) is 4.60 Å². The van der Waals surface area contributed by atoms with Crippen molar-refractivity contribution in [3.63, 3.8) is 0 Å². The lowest BCUT2D eigenvalue weighted by molar-refractivity contribution is 0.0952. The lowest BCUT2D eigenvalue weighted by Gasteiger charge is -2.04. The van der Waals surface area contributed by atoms with E-state index >= 15 is 0 Å². The molecule has 0 bridgehead atoms. The van der Waals surface area contributed by atoms with Gasteiger partial charge in [-0.2, -0.15) is 0 Å². The molecule has 0 unspecified atom stereocenters. The number of carbonyl (C=O) groups excluding carboxylic acids is 1. The average Bonchev–Trinajstić information content (AvgIpc) is 3.01. The molecule has 0 aliphatic heterocycles. The fraction of sp³-hybridized carbons (Fsp3) is 0.455. The van der Waals surface area contributed by atoms with Gasteiger partial charge in [-0.1, -0.05) is 12.8 Å². The summed E-state index contributed by atoms with van der Waals surface area (Å²) in [7, 11) is 0. The van der Waals surface area contributed by atoms with E-state index in [1.165, 1.54) is 12.8 Å². The van der Waals surface area contributed by atoms with Crippen LogP contribution < -0.4 is 5.32 Å². The van der Waals surface area contributed by atoms with Crippen LogP contribution in [0.15, 0.2) is 22.9 Å². The molecular weight excluding hydrogens is 256 g/mol.